The lowest BCUT2D eigenvalue weighted by atomic mass is 10.0. The number of nitrogens with one attached hydrogen (secondary N) is 1. The minimum Gasteiger partial charge on any atom is -0.365 e. The minimum absolute atomic E-state index is 0. The molecule has 7 nitrogen and oxygen atoms in total. The first-order chi connectivity index (χ1) is 14.1. The summed E-state index contributed by atoms with van der Waals surface area (Å²) in [5.41, 5.74) is 6.73. The molecule has 0 spiro atoms. The van der Waals surface area contributed by atoms with Crippen molar-refractivity contribution < 1.29 is 22.4 Å². The third-order valence-electron chi connectivity index (χ3n) is 5.09. The number of halogens is 2. The molecule has 3 rings (SSSR count). The molecule has 31 heavy (non-hydrogen) atoms. The van der Waals surface area contributed by atoms with Crippen LogP contribution in [-0.2, 0) is 27.6 Å². The maximum Gasteiger partial charge on any atom is 0.251 e. The lowest BCUT2D eigenvalue weighted by molar-refractivity contribution is -0.115. The molecule has 1 aliphatic heterocycles. The summed E-state index contributed by atoms with van der Waals surface area (Å²) in [5, 5.41) is 3.03. The Bertz CT molecular complexity index is 1070. The molecule has 0 radical (unpaired) electrons. The Morgan fingerprint density at radius 3 is 2.48 bits per heavy atom. The Morgan fingerprint density at radius 2 is 1.90 bits per heavy atom. The lowest BCUT2D eigenvalue weighted by Gasteiger charge is -2.30. The van der Waals surface area contributed by atoms with E-state index in [-0.39, 0.29) is 23.7 Å². The molecule has 2 amide bonds. The Kier molecular flexibility index (Phi) is 8.21. The van der Waals surface area contributed by atoms with E-state index >= 15 is 0 Å². The smallest absolute Gasteiger partial charge is 0.251 e. The van der Waals surface area contributed by atoms with Crippen LogP contribution in [-0.4, -0.2) is 43.5 Å². The van der Waals surface area contributed by atoms with Gasteiger partial charge in [-0.25, -0.2) is 12.8 Å². The van der Waals surface area contributed by atoms with E-state index in [0.29, 0.717) is 29.6 Å². The number of nitrogens with zero attached hydrogens (tertiary/aromatic N) is 1. The van der Waals surface area contributed by atoms with Gasteiger partial charge in [-0.1, -0.05) is 0 Å². The number of anilines is 1. The number of benzene rings is 1. The second kappa shape index (κ2) is 10.1. The highest BCUT2D eigenvalue weighted by atomic mass is 35.5. The van der Waals surface area contributed by atoms with Crippen LogP contribution in [0.2, 0.25) is 0 Å². The average molecular weight is 490 g/mol. The molecule has 3 N–H and O–H groups in total. The molecule has 0 unspecified atom stereocenters. The summed E-state index contributed by atoms with van der Waals surface area (Å²) in [4.78, 5) is 27.6. The van der Waals surface area contributed by atoms with Crippen molar-refractivity contribution in [3.05, 3.63) is 46.1 Å². The number of amides is 2. The van der Waals surface area contributed by atoms with Crippen molar-refractivity contribution in [1.82, 2.24) is 4.90 Å². The molecule has 2 aromatic rings. The van der Waals surface area contributed by atoms with Crippen LogP contribution in [0.5, 0.6) is 0 Å². The summed E-state index contributed by atoms with van der Waals surface area (Å²) >= 11 is 1.31. The Labute approximate surface area is 191 Å². The van der Waals surface area contributed by atoms with Gasteiger partial charge < -0.3 is 11.1 Å². The summed E-state index contributed by atoms with van der Waals surface area (Å²) in [5.74, 6) is -2.10. The standard InChI is InChI=1S/C20H24FN3O4S2.ClH/c1-12(2)24-9-7-15-16(11-24)29-20(18(15)19(22)26)23-17(25)8-10-30(27,28)14-5-3-13(21)4-6-14;/h3-6,12H,7-11H2,1-2H3,(H2,22,26)(H,23,25);1H. The van der Waals surface area contributed by atoms with Gasteiger partial charge in [0.05, 0.1) is 16.2 Å². The van der Waals surface area contributed by atoms with Crippen LogP contribution >= 0.6 is 23.7 Å². The van der Waals surface area contributed by atoms with Crippen molar-refractivity contribution in [2.24, 2.45) is 5.73 Å². The first-order valence-electron chi connectivity index (χ1n) is 9.55. The number of fused-ring (bicyclic) bond motifs is 1. The third-order valence-corrected chi connectivity index (χ3v) is 7.95. The van der Waals surface area contributed by atoms with Gasteiger partial charge in [-0.05, 0) is 50.1 Å². The van der Waals surface area contributed by atoms with E-state index in [0.717, 1.165) is 29.1 Å². The van der Waals surface area contributed by atoms with Crippen LogP contribution in [0.1, 0.15) is 41.1 Å². The molecule has 0 bridgehead atoms. The highest BCUT2D eigenvalue weighted by Crippen LogP contribution is 2.37. The third kappa shape index (κ3) is 5.82. The van der Waals surface area contributed by atoms with Crippen LogP contribution in [0.3, 0.4) is 0 Å². The SMILES string of the molecule is CC(C)N1CCc2c(sc(NC(=O)CCS(=O)(=O)c3ccc(F)cc3)c2C(N)=O)C1.Cl. The van der Waals surface area contributed by atoms with Gasteiger partial charge in [-0.15, -0.1) is 23.7 Å². The summed E-state index contributed by atoms with van der Waals surface area (Å²) in [7, 11) is -3.73. The molecule has 0 saturated carbocycles. The number of carbonyl (C=O) groups excluding carboxylic acids is 2. The Morgan fingerprint density at radius 1 is 1.26 bits per heavy atom. The zero-order valence-electron chi connectivity index (χ0n) is 17.2. The topological polar surface area (TPSA) is 110 Å². The van der Waals surface area contributed by atoms with Gasteiger partial charge in [0.2, 0.25) is 5.91 Å². The molecule has 11 heteroatoms. The van der Waals surface area contributed by atoms with Gasteiger partial charge in [0, 0.05) is 30.4 Å². The fourth-order valence-electron chi connectivity index (χ4n) is 3.39. The molecule has 1 aromatic carbocycles. The highest BCUT2D eigenvalue weighted by molar-refractivity contribution is 7.91. The quantitative estimate of drug-likeness (QED) is 0.581. The second-order valence-corrected chi connectivity index (χ2v) is 10.7. The van der Waals surface area contributed by atoms with E-state index < -0.39 is 33.2 Å². The van der Waals surface area contributed by atoms with E-state index in [4.69, 9.17) is 5.73 Å². The Hall–Kier alpha value is -2.01. The number of rotatable bonds is 7. The van der Waals surface area contributed by atoms with E-state index in [1.165, 1.54) is 23.5 Å². The number of hydrogen-bond donors (Lipinski definition) is 2. The van der Waals surface area contributed by atoms with Crippen molar-refractivity contribution in [2.75, 3.05) is 17.6 Å². The molecule has 1 aromatic heterocycles. The first-order valence-corrected chi connectivity index (χ1v) is 12.0. The van der Waals surface area contributed by atoms with Crippen molar-refractivity contribution in [3.63, 3.8) is 0 Å². The molecule has 0 atom stereocenters. The van der Waals surface area contributed by atoms with Gasteiger partial charge in [-0.3, -0.25) is 14.5 Å². The van der Waals surface area contributed by atoms with Crippen molar-refractivity contribution >= 4 is 50.4 Å². The molecule has 0 saturated heterocycles. The van der Waals surface area contributed by atoms with E-state index in [1.54, 1.807) is 0 Å². The zero-order valence-corrected chi connectivity index (χ0v) is 19.6. The summed E-state index contributed by atoms with van der Waals surface area (Å²) < 4.78 is 37.7. The van der Waals surface area contributed by atoms with E-state index in [1.807, 2.05) is 0 Å². The first kappa shape index (κ1) is 25.3. The number of nitrogens with two attached hydrogens (primary N) is 1. The fourth-order valence-corrected chi connectivity index (χ4v) is 5.92. The largest absolute Gasteiger partial charge is 0.365 e. The fraction of sp³-hybridized carbons (Fsp3) is 0.400. The Balaban J connectivity index is 0.00000341. The van der Waals surface area contributed by atoms with Crippen LogP contribution in [0.4, 0.5) is 9.39 Å². The van der Waals surface area contributed by atoms with Gasteiger partial charge >= 0.3 is 0 Å². The molecule has 0 fully saturated rings. The predicted octanol–water partition coefficient (Wildman–Crippen LogP) is 2.98. The second-order valence-electron chi connectivity index (χ2n) is 7.46. The van der Waals surface area contributed by atoms with Crippen molar-refractivity contribution in [2.45, 2.75) is 44.2 Å². The molecule has 1 aliphatic rings. The van der Waals surface area contributed by atoms with Crippen LogP contribution in [0, 0.1) is 5.82 Å². The predicted molar refractivity (Wildman–Crippen MR) is 121 cm³/mol. The van der Waals surface area contributed by atoms with Gasteiger partial charge in [0.15, 0.2) is 9.84 Å². The van der Waals surface area contributed by atoms with Crippen LogP contribution in [0.15, 0.2) is 29.2 Å². The van der Waals surface area contributed by atoms with Gasteiger partial charge in [0.1, 0.15) is 10.8 Å². The summed E-state index contributed by atoms with van der Waals surface area (Å²) in [6.45, 7) is 5.66. The van der Waals surface area contributed by atoms with E-state index in [2.05, 4.69) is 24.1 Å². The average Bonchev–Trinajstić information content (AvgIpc) is 3.03. The zero-order chi connectivity index (χ0) is 22.1. The van der Waals surface area contributed by atoms with Gasteiger partial charge in [-0.2, -0.15) is 0 Å². The highest BCUT2D eigenvalue weighted by Gasteiger charge is 2.28. The number of primary amides is 1. The minimum atomic E-state index is -3.73. The molecular weight excluding hydrogens is 465 g/mol. The lowest BCUT2D eigenvalue weighted by Crippen LogP contribution is -2.35. The number of hydrogen-bond acceptors (Lipinski definition) is 6. The number of carbonyl (C=O) groups is 2. The maximum atomic E-state index is 13.0. The molecule has 170 valence electrons. The maximum absolute atomic E-state index is 13.0. The monoisotopic (exact) mass is 489 g/mol. The van der Waals surface area contributed by atoms with Crippen LogP contribution in [0.25, 0.3) is 0 Å². The molecule has 2 heterocycles. The van der Waals surface area contributed by atoms with E-state index in [9.17, 15) is 22.4 Å². The normalized spacial score (nSPS) is 14.1. The molecule has 0 aliphatic carbocycles. The van der Waals surface area contributed by atoms with Crippen LogP contribution < -0.4 is 11.1 Å². The summed E-state index contributed by atoms with van der Waals surface area (Å²) in [6, 6.07) is 4.81. The van der Waals surface area contributed by atoms with Gasteiger partial charge in [0.25, 0.3) is 5.91 Å². The van der Waals surface area contributed by atoms with Crippen molar-refractivity contribution in [3.8, 4) is 0 Å². The summed E-state index contributed by atoms with van der Waals surface area (Å²) in [6.07, 6.45) is 0.371. The number of sulfone groups is 1. The number of thiophene rings is 1. The molecular formula is C20H25ClFN3O4S2. The van der Waals surface area contributed by atoms with Crippen molar-refractivity contribution in [1.29, 1.82) is 0 Å².